The molecule has 2 atom stereocenters. The molecular weight excluding hydrogens is 453 g/mol. The van der Waals surface area contributed by atoms with Gasteiger partial charge in [-0.1, -0.05) is 24.3 Å². The maximum Gasteiger partial charge on any atom is 0.140 e. The van der Waals surface area contributed by atoms with E-state index in [0.717, 1.165) is 47.2 Å². The third-order valence-electron chi connectivity index (χ3n) is 6.33. The van der Waals surface area contributed by atoms with E-state index in [2.05, 4.69) is 4.90 Å². The summed E-state index contributed by atoms with van der Waals surface area (Å²) in [5.41, 5.74) is 2.04. The van der Waals surface area contributed by atoms with Gasteiger partial charge in [-0.05, 0) is 66.4 Å². The second-order valence-corrected chi connectivity index (χ2v) is 9.92. The monoisotopic (exact) mass is 481 g/mol. The van der Waals surface area contributed by atoms with Gasteiger partial charge in [-0.15, -0.1) is 11.8 Å². The average Bonchev–Trinajstić information content (AvgIpc) is 2.85. The fraction of sp³-hybridized carbons (Fsp3) is 0.333. The fourth-order valence-electron chi connectivity index (χ4n) is 4.40. The summed E-state index contributed by atoms with van der Waals surface area (Å²) in [6.45, 7) is 2.94. The molecule has 2 aliphatic rings. The molecule has 5 rings (SSSR count). The number of alkyl halides is 1. The van der Waals surface area contributed by atoms with Crippen LogP contribution in [0.15, 0.2) is 71.6 Å². The standard InChI is InChI=1S/C27H28FNO4S/c28-20-11-13-29(14-12-20)15-16-32-23-8-3-18(4-9-23)26-27(19-1-5-21(30)6-2-19)34-25-17-22(31)7-10-24(25)33-26/h1-10,17,20,26-27,30-31H,11-16H2/t26-,27+/m0/s1. The van der Waals surface area contributed by atoms with Crippen molar-refractivity contribution in [3.8, 4) is 23.0 Å². The van der Waals surface area contributed by atoms with E-state index < -0.39 is 6.17 Å². The summed E-state index contributed by atoms with van der Waals surface area (Å²) in [7, 11) is 0. The third-order valence-corrected chi connectivity index (χ3v) is 7.68. The van der Waals surface area contributed by atoms with Crippen LogP contribution in [0, 0.1) is 0 Å². The Morgan fingerprint density at radius 3 is 2.32 bits per heavy atom. The number of phenols is 2. The minimum Gasteiger partial charge on any atom is -0.508 e. The molecule has 34 heavy (non-hydrogen) atoms. The second-order valence-electron chi connectivity index (χ2n) is 8.73. The maximum atomic E-state index is 13.3. The van der Waals surface area contributed by atoms with E-state index in [9.17, 15) is 14.6 Å². The summed E-state index contributed by atoms with van der Waals surface area (Å²) in [5.74, 6) is 1.95. The number of hydrogen-bond acceptors (Lipinski definition) is 6. The van der Waals surface area contributed by atoms with Crippen LogP contribution in [0.3, 0.4) is 0 Å². The van der Waals surface area contributed by atoms with Gasteiger partial charge in [0.05, 0.1) is 10.1 Å². The Balaban J connectivity index is 1.30. The molecule has 3 aromatic rings. The predicted octanol–water partition coefficient (Wildman–Crippen LogP) is 5.88. The number of likely N-dealkylation sites (tertiary alicyclic amines) is 1. The van der Waals surface area contributed by atoms with E-state index in [4.69, 9.17) is 9.47 Å². The first-order valence-corrected chi connectivity index (χ1v) is 12.5. The molecule has 5 nitrogen and oxygen atoms in total. The quantitative estimate of drug-likeness (QED) is 0.459. The van der Waals surface area contributed by atoms with Crippen LogP contribution in [0.2, 0.25) is 0 Å². The minimum atomic E-state index is -0.659. The number of phenolic OH excluding ortho intramolecular Hbond substituents is 2. The van der Waals surface area contributed by atoms with E-state index in [0.29, 0.717) is 19.4 Å². The molecule has 0 unspecified atom stereocenters. The van der Waals surface area contributed by atoms with Gasteiger partial charge < -0.3 is 19.7 Å². The Morgan fingerprint density at radius 1 is 0.912 bits per heavy atom. The Morgan fingerprint density at radius 2 is 1.59 bits per heavy atom. The predicted molar refractivity (Wildman–Crippen MR) is 131 cm³/mol. The number of aromatic hydroxyl groups is 2. The molecule has 2 N–H and O–H groups in total. The molecule has 0 radical (unpaired) electrons. The van der Waals surface area contributed by atoms with Gasteiger partial charge in [0, 0.05) is 19.6 Å². The van der Waals surface area contributed by atoms with Crippen molar-refractivity contribution >= 4 is 11.8 Å². The lowest BCUT2D eigenvalue weighted by molar-refractivity contribution is 0.132. The van der Waals surface area contributed by atoms with Gasteiger partial charge in [-0.3, -0.25) is 4.90 Å². The number of ether oxygens (including phenoxy) is 2. The molecule has 1 fully saturated rings. The molecule has 0 amide bonds. The summed E-state index contributed by atoms with van der Waals surface area (Å²) in [6.07, 6.45) is 0.313. The molecule has 0 aliphatic carbocycles. The van der Waals surface area contributed by atoms with Crippen LogP contribution in [-0.4, -0.2) is 47.5 Å². The number of piperidine rings is 1. The van der Waals surface area contributed by atoms with Crippen LogP contribution >= 0.6 is 11.8 Å². The second kappa shape index (κ2) is 10.2. The van der Waals surface area contributed by atoms with Crippen molar-refractivity contribution in [1.29, 1.82) is 0 Å². The van der Waals surface area contributed by atoms with Crippen molar-refractivity contribution in [2.75, 3.05) is 26.2 Å². The SMILES string of the molecule is Oc1ccc([C@H]2Sc3cc(O)ccc3O[C@H]2c2ccc(OCCN3CCC(F)CC3)cc2)cc1. The van der Waals surface area contributed by atoms with E-state index in [-0.39, 0.29) is 22.9 Å². The lowest BCUT2D eigenvalue weighted by Crippen LogP contribution is -2.37. The van der Waals surface area contributed by atoms with E-state index in [1.165, 1.54) is 0 Å². The number of benzene rings is 3. The van der Waals surface area contributed by atoms with Gasteiger partial charge in [0.1, 0.15) is 41.9 Å². The fourth-order valence-corrected chi connectivity index (χ4v) is 5.73. The summed E-state index contributed by atoms with van der Waals surface area (Å²) in [5, 5.41) is 19.6. The molecular formula is C27H28FNO4S. The smallest absolute Gasteiger partial charge is 0.140 e. The lowest BCUT2D eigenvalue weighted by Gasteiger charge is -2.34. The van der Waals surface area contributed by atoms with Crippen molar-refractivity contribution in [2.24, 2.45) is 0 Å². The van der Waals surface area contributed by atoms with Crippen LogP contribution < -0.4 is 9.47 Å². The molecule has 0 saturated carbocycles. The van der Waals surface area contributed by atoms with Gasteiger partial charge in [0.15, 0.2) is 0 Å². The summed E-state index contributed by atoms with van der Waals surface area (Å²) in [6, 6.07) is 20.3. The average molecular weight is 482 g/mol. The van der Waals surface area contributed by atoms with Gasteiger partial charge >= 0.3 is 0 Å². The van der Waals surface area contributed by atoms with Gasteiger partial charge in [-0.2, -0.15) is 0 Å². The number of thioether (sulfide) groups is 1. The molecule has 0 aromatic heterocycles. The van der Waals surface area contributed by atoms with Crippen molar-refractivity contribution in [1.82, 2.24) is 4.90 Å². The zero-order valence-electron chi connectivity index (χ0n) is 18.8. The molecule has 3 aromatic carbocycles. The summed E-state index contributed by atoms with van der Waals surface area (Å²) >= 11 is 1.64. The molecule has 2 heterocycles. The highest BCUT2D eigenvalue weighted by Gasteiger charge is 2.33. The van der Waals surface area contributed by atoms with Gasteiger partial charge in [0.2, 0.25) is 0 Å². The number of hydrogen-bond donors (Lipinski definition) is 2. The highest BCUT2D eigenvalue weighted by molar-refractivity contribution is 7.99. The van der Waals surface area contributed by atoms with Crippen LogP contribution in [0.25, 0.3) is 0 Å². The van der Waals surface area contributed by atoms with Gasteiger partial charge in [0.25, 0.3) is 0 Å². The summed E-state index contributed by atoms with van der Waals surface area (Å²) < 4.78 is 25.6. The highest BCUT2D eigenvalue weighted by atomic mass is 32.2. The zero-order valence-corrected chi connectivity index (χ0v) is 19.6. The first kappa shape index (κ1) is 22.9. The topological polar surface area (TPSA) is 62.2 Å². The molecule has 7 heteroatoms. The Labute approximate surface area is 203 Å². The first-order valence-electron chi connectivity index (χ1n) is 11.6. The molecule has 178 valence electrons. The molecule has 0 spiro atoms. The normalized spacial score (nSPS) is 21.0. The highest BCUT2D eigenvalue weighted by Crippen LogP contribution is 2.54. The molecule has 1 saturated heterocycles. The lowest BCUT2D eigenvalue weighted by atomic mass is 10.00. The first-order chi connectivity index (χ1) is 16.5. The molecule has 0 bridgehead atoms. The van der Waals surface area contributed by atoms with Crippen molar-refractivity contribution < 1.29 is 24.1 Å². The summed E-state index contributed by atoms with van der Waals surface area (Å²) in [4.78, 5) is 3.13. The maximum absolute atomic E-state index is 13.3. The number of nitrogens with zero attached hydrogens (tertiary/aromatic N) is 1. The number of halogens is 1. The molecule has 2 aliphatic heterocycles. The van der Waals surface area contributed by atoms with Crippen LogP contribution in [0.1, 0.15) is 35.3 Å². The van der Waals surface area contributed by atoms with E-state index in [1.54, 1.807) is 42.1 Å². The van der Waals surface area contributed by atoms with E-state index >= 15 is 0 Å². The van der Waals surface area contributed by atoms with Crippen molar-refractivity contribution in [2.45, 2.75) is 35.3 Å². The Bertz CT molecular complexity index is 1100. The van der Waals surface area contributed by atoms with Crippen LogP contribution in [0.4, 0.5) is 4.39 Å². The Kier molecular flexibility index (Phi) is 6.83. The third kappa shape index (κ3) is 5.26. The van der Waals surface area contributed by atoms with Crippen molar-refractivity contribution in [3.05, 3.63) is 77.9 Å². The largest absolute Gasteiger partial charge is 0.508 e. The zero-order chi connectivity index (χ0) is 23.5. The Hall–Kier alpha value is -2.90. The minimum absolute atomic E-state index is 0.0555. The van der Waals surface area contributed by atoms with E-state index in [1.807, 2.05) is 36.4 Å². The number of fused-ring (bicyclic) bond motifs is 1. The van der Waals surface area contributed by atoms with Crippen LogP contribution in [0.5, 0.6) is 23.0 Å². The number of rotatable bonds is 6. The van der Waals surface area contributed by atoms with Gasteiger partial charge in [-0.25, -0.2) is 4.39 Å². The van der Waals surface area contributed by atoms with Crippen LogP contribution in [-0.2, 0) is 0 Å². The van der Waals surface area contributed by atoms with Crippen molar-refractivity contribution in [3.63, 3.8) is 0 Å².